The quantitative estimate of drug-likeness (QED) is 0.676. The van der Waals surface area contributed by atoms with E-state index in [4.69, 9.17) is 16.3 Å². The molecule has 0 bridgehead atoms. The Hall–Kier alpha value is -2.84. The molecule has 1 atom stereocenters. The first-order valence-corrected chi connectivity index (χ1v) is 9.99. The molecular formula is C20H18ClN3O4S. The van der Waals surface area contributed by atoms with E-state index in [9.17, 15) is 14.4 Å². The van der Waals surface area contributed by atoms with Crippen molar-refractivity contribution in [2.24, 2.45) is 0 Å². The number of carbonyl (C=O) groups is 3. The molecule has 0 spiro atoms. The number of aromatic nitrogens is 1. The predicted molar refractivity (Wildman–Crippen MR) is 111 cm³/mol. The highest BCUT2D eigenvalue weighted by molar-refractivity contribution is 8.18. The van der Waals surface area contributed by atoms with Gasteiger partial charge >= 0.3 is 0 Å². The van der Waals surface area contributed by atoms with Crippen LogP contribution in [0.25, 0.3) is 6.08 Å². The number of thioether (sulfide) groups is 1. The average molecular weight is 432 g/mol. The lowest BCUT2D eigenvalue weighted by Crippen LogP contribution is -2.41. The Labute approximate surface area is 177 Å². The fourth-order valence-corrected chi connectivity index (χ4v) is 3.50. The number of ether oxygens (including phenoxy) is 1. The number of benzene rings is 1. The largest absolute Gasteiger partial charge is 0.481 e. The second kappa shape index (κ2) is 9.58. The van der Waals surface area contributed by atoms with Crippen LogP contribution in [0.4, 0.5) is 4.79 Å². The number of halogens is 1. The molecule has 1 aromatic carbocycles. The summed E-state index contributed by atoms with van der Waals surface area (Å²) in [7, 11) is 0. The van der Waals surface area contributed by atoms with Gasteiger partial charge in [0.05, 0.1) is 4.91 Å². The van der Waals surface area contributed by atoms with E-state index in [0.717, 1.165) is 22.2 Å². The molecule has 1 saturated heterocycles. The highest BCUT2D eigenvalue weighted by Gasteiger charge is 2.34. The van der Waals surface area contributed by atoms with Crippen molar-refractivity contribution in [3.63, 3.8) is 0 Å². The topological polar surface area (TPSA) is 88.6 Å². The first-order valence-electron chi connectivity index (χ1n) is 8.79. The molecule has 0 aliphatic carbocycles. The number of amides is 3. The highest BCUT2D eigenvalue weighted by atomic mass is 35.5. The molecular weight excluding hydrogens is 414 g/mol. The fourth-order valence-electron chi connectivity index (χ4n) is 2.51. The molecule has 3 rings (SSSR count). The normalized spacial score (nSPS) is 16.2. The Morgan fingerprint density at radius 2 is 2.07 bits per heavy atom. The number of carbonyl (C=O) groups excluding carboxylic acids is 3. The van der Waals surface area contributed by atoms with Gasteiger partial charge in [0.2, 0.25) is 0 Å². The van der Waals surface area contributed by atoms with Gasteiger partial charge in [0, 0.05) is 30.5 Å². The number of pyridine rings is 1. The third-order valence-electron chi connectivity index (χ3n) is 3.99. The lowest BCUT2D eigenvalue weighted by atomic mass is 10.2. The molecule has 2 aromatic rings. The van der Waals surface area contributed by atoms with Crippen molar-refractivity contribution in [2.75, 3.05) is 13.1 Å². The summed E-state index contributed by atoms with van der Waals surface area (Å²) >= 11 is 6.68. The summed E-state index contributed by atoms with van der Waals surface area (Å²) < 4.78 is 5.54. The number of nitrogens with one attached hydrogen (secondary N) is 1. The number of hydrogen-bond donors (Lipinski definition) is 1. The second-order valence-electron chi connectivity index (χ2n) is 6.12. The molecule has 29 heavy (non-hydrogen) atoms. The van der Waals surface area contributed by atoms with Gasteiger partial charge in [0.1, 0.15) is 5.75 Å². The molecule has 1 N–H and O–H groups in total. The Kier molecular flexibility index (Phi) is 6.90. The summed E-state index contributed by atoms with van der Waals surface area (Å²) in [4.78, 5) is 42.2. The van der Waals surface area contributed by atoms with Crippen LogP contribution in [-0.2, 0) is 9.59 Å². The first-order chi connectivity index (χ1) is 13.9. The maximum atomic E-state index is 12.4. The third kappa shape index (κ3) is 5.58. The van der Waals surface area contributed by atoms with E-state index in [1.165, 1.54) is 0 Å². The van der Waals surface area contributed by atoms with E-state index in [1.54, 1.807) is 61.8 Å². The SMILES string of the molecule is C[C@H](Oc1ccc(Cl)cc1)C(=O)NCCN1C(=O)S/C(=C\c2cccnc2)C1=O. The zero-order valence-electron chi connectivity index (χ0n) is 15.5. The molecule has 1 aromatic heterocycles. The van der Waals surface area contributed by atoms with Crippen LogP contribution >= 0.6 is 23.4 Å². The van der Waals surface area contributed by atoms with E-state index in [-0.39, 0.29) is 30.1 Å². The molecule has 150 valence electrons. The van der Waals surface area contributed by atoms with Crippen molar-refractivity contribution >= 4 is 46.5 Å². The van der Waals surface area contributed by atoms with Crippen molar-refractivity contribution in [3.05, 3.63) is 64.3 Å². The van der Waals surface area contributed by atoms with E-state index in [1.807, 2.05) is 0 Å². The molecule has 2 heterocycles. The molecule has 0 saturated carbocycles. The van der Waals surface area contributed by atoms with Gasteiger partial charge < -0.3 is 10.1 Å². The Bertz CT molecular complexity index is 935. The van der Waals surface area contributed by atoms with E-state index in [0.29, 0.717) is 15.7 Å². The third-order valence-corrected chi connectivity index (χ3v) is 5.15. The Morgan fingerprint density at radius 1 is 1.31 bits per heavy atom. The minimum absolute atomic E-state index is 0.0778. The van der Waals surface area contributed by atoms with E-state index >= 15 is 0 Å². The number of imide groups is 1. The minimum atomic E-state index is -0.739. The summed E-state index contributed by atoms with van der Waals surface area (Å²) in [5.41, 5.74) is 0.736. The molecule has 1 aliphatic rings. The Morgan fingerprint density at radius 3 is 2.76 bits per heavy atom. The first kappa shape index (κ1) is 20.9. The zero-order valence-corrected chi connectivity index (χ0v) is 17.1. The van der Waals surface area contributed by atoms with Crippen molar-refractivity contribution in [3.8, 4) is 5.75 Å². The van der Waals surface area contributed by atoms with Crippen molar-refractivity contribution in [1.82, 2.24) is 15.2 Å². The molecule has 1 fully saturated rings. The molecule has 0 unspecified atom stereocenters. The van der Waals surface area contributed by atoms with Gasteiger partial charge in [-0.25, -0.2) is 0 Å². The van der Waals surface area contributed by atoms with Gasteiger partial charge in [0.25, 0.3) is 17.1 Å². The van der Waals surface area contributed by atoms with Crippen LogP contribution in [0.1, 0.15) is 12.5 Å². The zero-order chi connectivity index (χ0) is 20.8. The van der Waals surface area contributed by atoms with Gasteiger partial charge in [0.15, 0.2) is 6.10 Å². The van der Waals surface area contributed by atoms with Crippen molar-refractivity contribution in [1.29, 1.82) is 0 Å². The number of hydrogen-bond acceptors (Lipinski definition) is 6. The van der Waals surface area contributed by atoms with Crippen LogP contribution in [0.3, 0.4) is 0 Å². The van der Waals surface area contributed by atoms with Crippen molar-refractivity contribution in [2.45, 2.75) is 13.0 Å². The van der Waals surface area contributed by atoms with Crippen LogP contribution in [0, 0.1) is 0 Å². The molecule has 3 amide bonds. The maximum Gasteiger partial charge on any atom is 0.293 e. The summed E-state index contributed by atoms with van der Waals surface area (Å²) in [6.07, 6.45) is 4.12. The molecule has 0 radical (unpaired) electrons. The van der Waals surface area contributed by atoms with Crippen LogP contribution in [0.15, 0.2) is 53.7 Å². The van der Waals surface area contributed by atoms with Crippen LogP contribution in [0.5, 0.6) is 5.75 Å². The van der Waals surface area contributed by atoms with Gasteiger partial charge in [-0.15, -0.1) is 0 Å². The summed E-state index contributed by atoms with van der Waals surface area (Å²) in [6, 6.07) is 10.2. The lowest BCUT2D eigenvalue weighted by Gasteiger charge is -2.16. The molecule has 9 heteroatoms. The number of nitrogens with zero attached hydrogens (tertiary/aromatic N) is 2. The van der Waals surface area contributed by atoms with Crippen LogP contribution in [-0.4, -0.2) is 46.1 Å². The molecule has 1 aliphatic heterocycles. The Balaban J connectivity index is 1.50. The van der Waals surface area contributed by atoms with Crippen LogP contribution in [0.2, 0.25) is 5.02 Å². The minimum Gasteiger partial charge on any atom is -0.481 e. The maximum absolute atomic E-state index is 12.4. The van der Waals surface area contributed by atoms with Crippen molar-refractivity contribution < 1.29 is 19.1 Å². The molecule has 7 nitrogen and oxygen atoms in total. The van der Waals surface area contributed by atoms with Gasteiger partial charge in [-0.2, -0.15) is 0 Å². The second-order valence-corrected chi connectivity index (χ2v) is 7.55. The van der Waals surface area contributed by atoms with Gasteiger partial charge in [-0.1, -0.05) is 17.7 Å². The van der Waals surface area contributed by atoms with Gasteiger partial charge in [-0.3, -0.25) is 24.3 Å². The van der Waals surface area contributed by atoms with Gasteiger partial charge in [-0.05, 0) is 60.7 Å². The predicted octanol–water partition coefficient (Wildman–Crippen LogP) is 3.36. The fraction of sp³-hybridized carbons (Fsp3) is 0.200. The average Bonchev–Trinajstić information content (AvgIpc) is 2.97. The highest BCUT2D eigenvalue weighted by Crippen LogP contribution is 2.31. The monoisotopic (exact) mass is 431 g/mol. The summed E-state index contributed by atoms with van der Waals surface area (Å²) in [6.45, 7) is 1.82. The smallest absolute Gasteiger partial charge is 0.293 e. The van der Waals surface area contributed by atoms with E-state index < -0.39 is 6.10 Å². The van der Waals surface area contributed by atoms with E-state index in [2.05, 4.69) is 10.3 Å². The lowest BCUT2D eigenvalue weighted by molar-refractivity contribution is -0.128. The summed E-state index contributed by atoms with van der Waals surface area (Å²) in [5, 5.41) is 2.87. The van der Waals surface area contributed by atoms with Crippen LogP contribution < -0.4 is 10.1 Å². The summed E-state index contributed by atoms with van der Waals surface area (Å²) in [5.74, 6) is -0.218. The number of rotatable bonds is 7. The standard InChI is InChI=1S/C20H18ClN3O4S/c1-13(28-16-6-4-15(21)5-7-16)18(25)23-9-10-24-19(26)17(29-20(24)27)11-14-3-2-8-22-12-14/h2-8,11-13H,9-10H2,1H3,(H,23,25)/b17-11-/t13-/m0/s1.